The van der Waals surface area contributed by atoms with Crippen LogP contribution in [-0.4, -0.2) is 25.9 Å². The summed E-state index contributed by atoms with van der Waals surface area (Å²) in [6, 6.07) is 7.08. The highest BCUT2D eigenvalue weighted by molar-refractivity contribution is 6.33. The first-order valence-corrected chi connectivity index (χ1v) is 6.64. The molecule has 0 radical (unpaired) electrons. The zero-order valence-corrected chi connectivity index (χ0v) is 11.9. The topological polar surface area (TPSA) is 75.6 Å². The van der Waals surface area contributed by atoms with Crippen molar-refractivity contribution in [3.63, 3.8) is 0 Å². The Morgan fingerprint density at radius 2 is 2.24 bits per heavy atom. The summed E-state index contributed by atoms with van der Waals surface area (Å²) in [5, 5.41) is 14.1. The predicted molar refractivity (Wildman–Crippen MR) is 79.9 cm³/mol. The fourth-order valence-electron chi connectivity index (χ4n) is 2.02. The lowest BCUT2D eigenvalue weighted by atomic mass is 10.2. The summed E-state index contributed by atoms with van der Waals surface area (Å²) in [5.41, 5.74) is 2.40. The van der Waals surface area contributed by atoms with E-state index in [1.165, 1.54) is 6.20 Å². The van der Waals surface area contributed by atoms with Crippen molar-refractivity contribution in [1.82, 2.24) is 20.0 Å². The lowest BCUT2D eigenvalue weighted by molar-refractivity contribution is 0.102. The van der Waals surface area contributed by atoms with Crippen molar-refractivity contribution in [2.45, 2.75) is 6.92 Å². The highest BCUT2D eigenvalue weighted by atomic mass is 35.5. The molecule has 21 heavy (non-hydrogen) atoms. The number of hydrogen-bond donors (Lipinski definition) is 2. The zero-order valence-electron chi connectivity index (χ0n) is 11.2. The molecule has 2 aromatic heterocycles. The summed E-state index contributed by atoms with van der Waals surface area (Å²) in [4.78, 5) is 12.3. The molecule has 2 heterocycles. The molecule has 0 spiro atoms. The van der Waals surface area contributed by atoms with Crippen LogP contribution < -0.4 is 5.32 Å². The molecule has 106 valence electrons. The Labute approximate surface area is 125 Å². The number of benzene rings is 1. The summed E-state index contributed by atoms with van der Waals surface area (Å²) in [6.45, 7) is 1.79. The van der Waals surface area contributed by atoms with Gasteiger partial charge in [-0.05, 0) is 25.1 Å². The number of halogens is 1. The maximum absolute atomic E-state index is 12.3. The summed E-state index contributed by atoms with van der Waals surface area (Å²) in [7, 11) is 0. The highest BCUT2D eigenvalue weighted by Crippen LogP contribution is 2.28. The van der Waals surface area contributed by atoms with E-state index in [0.717, 1.165) is 0 Å². The van der Waals surface area contributed by atoms with Crippen LogP contribution in [0.4, 0.5) is 5.69 Å². The minimum Gasteiger partial charge on any atom is -0.320 e. The number of hydrogen-bond acceptors (Lipinski definition) is 3. The molecule has 6 nitrogen and oxygen atoms in total. The van der Waals surface area contributed by atoms with Crippen LogP contribution in [0.15, 0.2) is 42.9 Å². The number of rotatable bonds is 3. The number of amides is 1. The molecule has 0 unspecified atom stereocenters. The second-order valence-electron chi connectivity index (χ2n) is 4.45. The fourth-order valence-corrected chi connectivity index (χ4v) is 2.28. The van der Waals surface area contributed by atoms with Crippen molar-refractivity contribution >= 4 is 23.2 Å². The van der Waals surface area contributed by atoms with E-state index in [4.69, 9.17) is 11.6 Å². The largest absolute Gasteiger partial charge is 0.320 e. The van der Waals surface area contributed by atoms with Gasteiger partial charge in [0.05, 0.1) is 22.5 Å². The quantitative estimate of drug-likeness (QED) is 0.781. The monoisotopic (exact) mass is 301 g/mol. The smallest absolute Gasteiger partial charge is 0.259 e. The molecule has 0 atom stereocenters. The maximum Gasteiger partial charge on any atom is 0.259 e. The van der Waals surface area contributed by atoms with Crippen LogP contribution in [0.2, 0.25) is 5.02 Å². The van der Waals surface area contributed by atoms with Crippen LogP contribution >= 0.6 is 11.6 Å². The van der Waals surface area contributed by atoms with Gasteiger partial charge in [-0.25, -0.2) is 4.68 Å². The van der Waals surface area contributed by atoms with Crippen molar-refractivity contribution in [1.29, 1.82) is 0 Å². The number of nitrogens with zero attached hydrogens (tertiary/aromatic N) is 3. The molecule has 0 saturated heterocycles. The average Bonchev–Trinajstić information content (AvgIpc) is 3.10. The minimum atomic E-state index is -0.253. The normalized spacial score (nSPS) is 10.6. The van der Waals surface area contributed by atoms with Crippen LogP contribution in [0.5, 0.6) is 0 Å². The number of carbonyl (C=O) groups is 1. The first-order chi connectivity index (χ1) is 10.2. The summed E-state index contributed by atoms with van der Waals surface area (Å²) < 4.78 is 1.61. The van der Waals surface area contributed by atoms with E-state index in [1.807, 2.05) is 0 Å². The fraction of sp³-hybridized carbons (Fsp3) is 0.0714. The van der Waals surface area contributed by atoms with Crippen molar-refractivity contribution < 1.29 is 4.79 Å². The number of anilines is 1. The number of aromatic amines is 1. The predicted octanol–water partition coefficient (Wildman–Crippen LogP) is 2.81. The molecular weight excluding hydrogens is 290 g/mol. The van der Waals surface area contributed by atoms with Crippen molar-refractivity contribution in [3.8, 4) is 5.69 Å². The van der Waals surface area contributed by atoms with E-state index in [1.54, 1.807) is 48.3 Å². The Morgan fingerprint density at radius 3 is 2.90 bits per heavy atom. The van der Waals surface area contributed by atoms with Crippen molar-refractivity contribution in [2.24, 2.45) is 0 Å². The molecule has 2 N–H and O–H groups in total. The zero-order chi connectivity index (χ0) is 14.8. The van der Waals surface area contributed by atoms with Gasteiger partial charge in [0.15, 0.2) is 0 Å². The number of H-pyrrole nitrogens is 1. The van der Waals surface area contributed by atoms with Gasteiger partial charge in [0.2, 0.25) is 0 Å². The molecule has 7 heteroatoms. The molecule has 3 rings (SSSR count). The molecule has 0 fully saturated rings. The van der Waals surface area contributed by atoms with Gasteiger partial charge in [-0.3, -0.25) is 9.89 Å². The van der Waals surface area contributed by atoms with Gasteiger partial charge in [0.25, 0.3) is 5.91 Å². The van der Waals surface area contributed by atoms with Crippen molar-refractivity contribution in [3.05, 3.63) is 59.1 Å². The number of aryl methyl sites for hydroxylation is 1. The van der Waals surface area contributed by atoms with Crippen LogP contribution in [0.1, 0.15) is 16.1 Å². The Kier molecular flexibility index (Phi) is 3.45. The van der Waals surface area contributed by atoms with Gasteiger partial charge >= 0.3 is 0 Å². The third-order valence-corrected chi connectivity index (χ3v) is 3.35. The van der Waals surface area contributed by atoms with E-state index >= 15 is 0 Å². The molecule has 0 aliphatic rings. The highest BCUT2D eigenvalue weighted by Gasteiger charge is 2.15. The molecule has 3 aromatic rings. The second kappa shape index (κ2) is 5.41. The van der Waals surface area contributed by atoms with E-state index in [9.17, 15) is 4.79 Å². The molecule has 1 amide bonds. The maximum atomic E-state index is 12.3. The number of nitrogens with one attached hydrogen (secondary N) is 2. The van der Waals surface area contributed by atoms with Gasteiger partial charge in [0.1, 0.15) is 5.69 Å². The second-order valence-corrected chi connectivity index (χ2v) is 4.86. The van der Waals surface area contributed by atoms with Crippen LogP contribution in [0, 0.1) is 6.92 Å². The molecule has 0 aliphatic carbocycles. The van der Waals surface area contributed by atoms with E-state index in [2.05, 4.69) is 20.6 Å². The SMILES string of the molecule is Cc1[nH]ncc1C(=O)Nc1cccc(Cl)c1-n1cccn1. The average molecular weight is 302 g/mol. The number of aromatic nitrogens is 4. The van der Waals surface area contributed by atoms with Gasteiger partial charge < -0.3 is 5.32 Å². The third-order valence-electron chi connectivity index (χ3n) is 3.04. The van der Waals surface area contributed by atoms with E-state index in [-0.39, 0.29) is 5.91 Å². The van der Waals surface area contributed by atoms with Gasteiger partial charge in [-0.2, -0.15) is 10.2 Å². The van der Waals surface area contributed by atoms with Gasteiger partial charge in [0, 0.05) is 18.1 Å². The third kappa shape index (κ3) is 2.53. The first-order valence-electron chi connectivity index (χ1n) is 6.26. The number of carbonyl (C=O) groups excluding carboxylic acids is 1. The van der Waals surface area contributed by atoms with Gasteiger partial charge in [-0.15, -0.1) is 0 Å². The lowest BCUT2D eigenvalue weighted by Crippen LogP contribution is -2.14. The van der Waals surface area contributed by atoms with E-state index in [0.29, 0.717) is 27.7 Å². The van der Waals surface area contributed by atoms with Crippen molar-refractivity contribution in [2.75, 3.05) is 5.32 Å². The standard InChI is InChI=1S/C14H12ClN5O/c1-9-10(8-16-19-9)14(21)18-12-5-2-4-11(15)13(12)20-7-3-6-17-20/h2-8H,1H3,(H,16,19)(H,18,21). The van der Waals surface area contributed by atoms with Gasteiger partial charge in [-0.1, -0.05) is 17.7 Å². The molecular formula is C14H12ClN5O. The van der Waals surface area contributed by atoms with Crippen LogP contribution in [0.3, 0.4) is 0 Å². The summed E-state index contributed by atoms with van der Waals surface area (Å²) in [6.07, 6.45) is 4.90. The van der Waals surface area contributed by atoms with E-state index < -0.39 is 0 Å². The molecule has 1 aromatic carbocycles. The Balaban J connectivity index is 1.98. The molecule has 0 saturated carbocycles. The summed E-state index contributed by atoms with van der Waals surface area (Å²) >= 11 is 6.23. The molecule has 0 aliphatic heterocycles. The Hall–Kier alpha value is -2.60. The van der Waals surface area contributed by atoms with Crippen LogP contribution in [-0.2, 0) is 0 Å². The summed E-state index contributed by atoms with van der Waals surface area (Å²) in [5.74, 6) is -0.253. The van der Waals surface area contributed by atoms with Crippen LogP contribution in [0.25, 0.3) is 5.69 Å². The molecule has 0 bridgehead atoms. The lowest BCUT2D eigenvalue weighted by Gasteiger charge is -2.12. The Bertz CT molecular complexity index is 779. The minimum absolute atomic E-state index is 0.253. The number of para-hydroxylation sites is 1. The Morgan fingerprint density at radius 1 is 1.38 bits per heavy atom. The first kappa shape index (κ1) is 13.4.